The first-order valence-electron chi connectivity index (χ1n) is 15.0. The van der Waals surface area contributed by atoms with Crippen molar-refractivity contribution in [3.63, 3.8) is 0 Å². The van der Waals surface area contributed by atoms with Crippen LogP contribution in [0.25, 0.3) is 43.8 Å². The molecule has 9 rings (SSSR count). The Bertz CT molecular complexity index is 2160. The molecule has 2 heterocycles. The first-order chi connectivity index (χ1) is 21.3. The van der Waals surface area contributed by atoms with Crippen LogP contribution in [0.4, 0.5) is 5.69 Å². The molecule has 0 spiro atoms. The van der Waals surface area contributed by atoms with E-state index in [1.54, 1.807) is 0 Å². The zero-order chi connectivity index (χ0) is 28.3. The Kier molecular flexibility index (Phi) is 5.45. The predicted octanol–water partition coefficient (Wildman–Crippen LogP) is 10.1. The number of nitrogens with zero attached hydrogens (tertiary/aromatic N) is 1. The second-order valence-corrected chi connectivity index (χ2v) is 11.5. The van der Waals surface area contributed by atoms with Gasteiger partial charge in [-0.05, 0) is 58.7 Å². The minimum Gasteiger partial charge on any atom is -0.485 e. The average molecular weight is 556 g/mol. The minimum absolute atomic E-state index is 0.0322. The standard InChI is InChI=1S/C40H29NO2/c1-3-12-26(13-4-1)34-25-38-39(32-18-8-7-16-29(32)34)33-19-11-20-35(40(33)43-38)41(27-14-5-2-6-15-27)28-22-23-31-30-17-9-10-21-36(30)42-37(31)24-28/h1-14,16-25,27,31,37H,15H2. The first-order valence-corrected chi connectivity index (χ1v) is 15.0. The third-order valence-corrected chi connectivity index (χ3v) is 9.10. The maximum atomic E-state index is 6.89. The monoisotopic (exact) mass is 555 g/mol. The topological polar surface area (TPSA) is 25.6 Å². The lowest BCUT2D eigenvalue weighted by molar-refractivity contribution is 0.267. The van der Waals surface area contributed by atoms with Gasteiger partial charge in [0.05, 0.1) is 11.7 Å². The van der Waals surface area contributed by atoms with Crippen molar-refractivity contribution in [2.45, 2.75) is 24.5 Å². The van der Waals surface area contributed by atoms with Crippen LogP contribution in [0.5, 0.6) is 5.75 Å². The van der Waals surface area contributed by atoms with E-state index in [0.29, 0.717) is 0 Å². The van der Waals surface area contributed by atoms with E-state index < -0.39 is 0 Å². The molecule has 6 aromatic rings. The molecule has 0 amide bonds. The summed E-state index contributed by atoms with van der Waals surface area (Å²) in [5, 5.41) is 4.73. The van der Waals surface area contributed by atoms with Crippen molar-refractivity contribution in [3.8, 4) is 16.9 Å². The summed E-state index contributed by atoms with van der Waals surface area (Å²) >= 11 is 0. The van der Waals surface area contributed by atoms with Gasteiger partial charge < -0.3 is 14.1 Å². The van der Waals surface area contributed by atoms with Gasteiger partial charge in [-0.25, -0.2) is 0 Å². The Morgan fingerprint density at radius 2 is 1.53 bits per heavy atom. The summed E-state index contributed by atoms with van der Waals surface area (Å²) < 4.78 is 13.3. The van der Waals surface area contributed by atoms with E-state index in [0.717, 1.165) is 45.5 Å². The number of para-hydroxylation sites is 2. The fraction of sp³-hybridized carbons (Fsp3) is 0.100. The summed E-state index contributed by atoms with van der Waals surface area (Å²) in [4.78, 5) is 2.43. The van der Waals surface area contributed by atoms with Crippen molar-refractivity contribution in [2.75, 3.05) is 4.90 Å². The molecule has 3 atom stereocenters. The van der Waals surface area contributed by atoms with Crippen LogP contribution in [0.1, 0.15) is 17.9 Å². The molecule has 3 unspecified atom stereocenters. The number of anilines is 1. The molecule has 3 heteroatoms. The lowest BCUT2D eigenvalue weighted by atomic mass is 9.90. The normalized spacial score (nSPS) is 20.3. The second kappa shape index (κ2) is 9.64. The molecule has 43 heavy (non-hydrogen) atoms. The van der Waals surface area contributed by atoms with Crippen molar-refractivity contribution in [2.24, 2.45) is 0 Å². The van der Waals surface area contributed by atoms with Gasteiger partial charge in [-0.15, -0.1) is 0 Å². The van der Waals surface area contributed by atoms with Crippen molar-refractivity contribution in [3.05, 3.63) is 157 Å². The first kappa shape index (κ1) is 24.3. The molecular formula is C40H29NO2. The van der Waals surface area contributed by atoms with Crippen molar-refractivity contribution >= 4 is 38.4 Å². The van der Waals surface area contributed by atoms with E-state index in [9.17, 15) is 0 Å². The molecule has 2 aliphatic carbocycles. The Morgan fingerprint density at radius 1 is 0.721 bits per heavy atom. The average Bonchev–Trinajstić information content (AvgIpc) is 3.64. The molecule has 0 radical (unpaired) electrons. The van der Waals surface area contributed by atoms with Gasteiger partial charge in [0.2, 0.25) is 0 Å². The van der Waals surface area contributed by atoms with Crippen LogP contribution < -0.4 is 9.64 Å². The number of fused-ring (bicyclic) bond motifs is 8. The van der Waals surface area contributed by atoms with Gasteiger partial charge in [-0.3, -0.25) is 0 Å². The number of furan rings is 1. The maximum absolute atomic E-state index is 6.89. The van der Waals surface area contributed by atoms with Crippen LogP contribution in [0, 0.1) is 0 Å². The number of allylic oxidation sites excluding steroid dienone is 3. The Morgan fingerprint density at radius 3 is 2.42 bits per heavy atom. The number of hydrogen-bond donors (Lipinski definition) is 0. The SMILES string of the molecule is C1=CCC(N(C2=CC3Oc4ccccc4C3C=C2)c2cccc3c2oc2cc(-c4ccccc4)c4ccccc4c23)C=C1. The second-order valence-electron chi connectivity index (χ2n) is 11.5. The molecule has 1 aromatic heterocycles. The van der Waals surface area contributed by atoms with Crippen molar-refractivity contribution in [1.29, 1.82) is 0 Å². The fourth-order valence-electron chi connectivity index (χ4n) is 7.16. The van der Waals surface area contributed by atoms with Crippen LogP contribution in [0.3, 0.4) is 0 Å². The Hall–Kier alpha value is -5.28. The van der Waals surface area contributed by atoms with Gasteiger partial charge >= 0.3 is 0 Å². The molecular weight excluding hydrogens is 526 g/mol. The molecule has 3 nitrogen and oxygen atoms in total. The fourth-order valence-corrected chi connectivity index (χ4v) is 7.16. The Labute approximate surface area is 250 Å². The molecule has 0 bridgehead atoms. The van der Waals surface area contributed by atoms with E-state index in [1.807, 2.05) is 6.07 Å². The van der Waals surface area contributed by atoms with Crippen LogP contribution in [0.15, 0.2) is 156 Å². The third-order valence-electron chi connectivity index (χ3n) is 9.10. The Balaban J connectivity index is 1.25. The number of rotatable bonds is 4. The van der Waals surface area contributed by atoms with E-state index in [1.165, 1.54) is 27.5 Å². The van der Waals surface area contributed by atoms with Crippen LogP contribution in [0.2, 0.25) is 0 Å². The molecule has 1 aliphatic heterocycles. The summed E-state index contributed by atoms with van der Waals surface area (Å²) in [6.45, 7) is 0. The molecule has 0 saturated heterocycles. The van der Waals surface area contributed by atoms with E-state index >= 15 is 0 Å². The summed E-state index contributed by atoms with van der Waals surface area (Å²) in [6.07, 6.45) is 16.6. The third kappa shape index (κ3) is 3.81. The predicted molar refractivity (Wildman–Crippen MR) is 177 cm³/mol. The lowest BCUT2D eigenvalue weighted by Gasteiger charge is -2.35. The maximum Gasteiger partial charge on any atom is 0.159 e. The largest absolute Gasteiger partial charge is 0.485 e. The summed E-state index contributed by atoms with van der Waals surface area (Å²) in [5.41, 5.74) is 7.63. The zero-order valence-corrected chi connectivity index (χ0v) is 23.6. The molecule has 0 fully saturated rings. The summed E-state index contributed by atoms with van der Waals surface area (Å²) in [5.74, 6) is 1.21. The van der Waals surface area contributed by atoms with Gasteiger partial charge in [0.25, 0.3) is 0 Å². The molecule has 0 N–H and O–H groups in total. The quantitative estimate of drug-likeness (QED) is 0.216. The van der Waals surface area contributed by atoms with Gasteiger partial charge in [-0.1, -0.05) is 115 Å². The lowest BCUT2D eigenvalue weighted by Crippen LogP contribution is -2.35. The zero-order valence-electron chi connectivity index (χ0n) is 23.6. The van der Waals surface area contributed by atoms with Crippen molar-refractivity contribution < 1.29 is 9.15 Å². The molecule has 206 valence electrons. The number of hydrogen-bond acceptors (Lipinski definition) is 3. The molecule has 0 saturated carbocycles. The summed E-state index contributed by atoms with van der Waals surface area (Å²) in [7, 11) is 0. The van der Waals surface area contributed by atoms with Crippen LogP contribution in [-0.2, 0) is 0 Å². The van der Waals surface area contributed by atoms with E-state index in [2.05, 4.69) is 144 Å². The molecule has 3 aliphatic rings. The highest BCUT2D eigenvalue weighted by Gasteiger charge is 2.35. The van der Waals surface area contributed by atoms with Crippen LogP contribution in [-0.4, -0.2) is 12.1 Å². The highest BCUT2D eigenvalue weighted by molar-refractivity contribution is 6.23. The van der Waals surface area contributed by atoms with Gasteiger partial charge in [0.1, 0.15) is 17.4 Å². The number of ether oxygens (including phenoxy) is 1. The smallest absolute Gasteiger partial charge is 0.159 e. The van der Waals surface area contributed by atoms with E-state index in [-0.39, 0.29) is 18.1 Å². The van der Waals surface area contributed by atoms with Gasteiger partial charge in [0.15, 0.2) is 5.58 Å². The summed E-state index contributed by atoms with van der Waals surface area (Å²) in [6, 6.07) is 36.6. The van der Waals surface area contributed by atoms with Gasteiger partial charge in [0, 0.05) is 28.0 Å². The highest BCUT2D eigenvalue weighted by atomic mass is 16.5. The number of benzene rings is 5. The molecule has 5 aromatic carbocycles. The van der Waals surface area contributed by atoms with Gasteiger partial charge in [-0.2, -0.15) is 0 Å². The van der Waals surface area contributed by atoms with Crippen molar-refractivity contribution in [1.82, 2.24) is 0 Å². The minimum atomic E-state index is -0.0322. The van der Waals surface area contributed by atoms with E-state index in [4.69, 9.17) is 9.15 Å². The van der Waals surface area contributed by atoms with Crippen LogP contribution >= 0.6 is 0 Å². The highest BCUT2D eigenvalue weighted by Crippen LogP contribution is 2.46.